The van der Waals surface area contributed by atoms with Crippen LogP contribution in [0.25, 0.3) is 0 Å². The molecule has 0 aliphatic carbocycles. The summed E-state index contributed by atoms with van der Waals surface area (Å²) in [6.45, 7) is 5.12. The second-order valence-corrected chi connectivity index (χ2v) is 5.73. The summed E-state index contributed by atoms with van der Waals surface area (Å²) in [7, 11) is 0. The molecule has 1 heterocycles. The van der Waals surface area contributed by atoms with E-state index >= 15 is 0 Å². The van der Waals surface area contributed by atoms with Crippen LogP contribution in [0.4, 0.5) is 5.69 Å². The monoisotopic (exact) mass is 362 g/mol. The average molecular weight is 362 g/mol. The molecule has 140 valence electrons. The maximum absolute atomic E-state index is 12.2. The third-order valence-electron chi connectivity index (χ3n) is 3.71. The first-order valence-corrected chi connectivity index (χ1v) is 8.22. The van der Waals surface area contributed by atoms with Crippen molar-refractivity contribution < 1.29 is 29.0 Å². The zero-order valence-corrected chi connectivity index (χ0v) is 15.0. The molecule has 0 unspecified atom stereocenters. The van der Waals surface area contributed by atoms with Gasteiger partial charge in [0.1, 0.15) is 11.4 Å². The van der Waals surface area contributed by atoms with Crippen LogP contribution in [0.3, 0.4) is 0 Å². The van der Waals surface area contributed by atoms with Gasteiger partial charge < -0.3 is 19.9 Å². The van der Waals surface area contributed by atoms with Crippen molar-refractivity contribution in [3.8, 4) is 5.75 Å². The molecule has 26 heavy (non-hydrogen) atoms. The summed E-state index contributed by atoms with van der Waals surface area (Å²) < 4.78 is 10.4. The third-order valence-corrected chi connectivity index (χ3v) is 3.71. The number of carbonyl (C=O) groups excluding carboxylic acids is 3. The van der Waals surface area contributed by atoms with Crippen LogP contribution in [0, 0.1) is 13.8 Å². The molecule has 1 aliphatic rings. The fourth-order valence-corrected chi connectivity index (χ4v) is 2.65. The molecule has 8 nitrogen and oxygen atoms in total. The maximum Gasteiger partial charge on any atom is 0.344 e. The van der Waals surface area contributed by atoms with E-state index in [9.17, 15) is 14.4 Å². The lowest BCUT2D eigenvalue weighted by Crippen LogP contribution is -2.34. The Labute approximate surface area is 151 Å². The highest BCUT2D eigenvalue weighted by atomic mass is 16.6. The molecule has 8 heteroatoms. The minimum Gasteiger partial charge on any atom is -0.481 e. The Kier molecular flexibility index (Phi) is 6.35. The molecule has 0 radical (unpaired) electrons. The van der Waals surface area contributed by atoms with Gasteiger partial charge in [0.15, 0.2) is 6.61 Å². The second-order valence-electron chi connectivity index (χ2n) is 5.73. The number of nitrogens with zero attached hydrogens (tertiary/aromatic N) is 1. The molecule has 1 aliphatic heterocycles. The Morgan fingerprint density at radius 2 is 1.88 bits per heavy atom. The number of aliphatic hydroxyl groups is 1. The van der Waals surface area contributed by atoms with Crippen molar-refractivity contribution in [1.82, 2.24) is 4.90 Å². The number of aryl methyl sites for hydroxylation is 2. The molecule has 0 fully saturated rings. The van der Waals surface area contributed by atoms with E-state index in [1.807, 2.05) is 13.8 Å². The summed E-state index contributed by atoms with van der Waals surface area (Å²) in [6, 6.07) is 3.50. The highest BCUT2D eigenvalue weighted by Gasteiger charge is 2.30. The predicted molar refractivity (Wildman–Crippen MR) is 93.6 cm³/mol. The summed E-state index contributed by atoms with van der Waals surface area (Å²) in [6.07, 6.45) is 1.20. The Morgan fingerprint density at radius 3 is 2.46 bits per heavy atom. The Balaban J connectivity index is 2.10. The Bertz CT molecular complexity index is 733. The lowest BCUT2D eigenvalue weighted by molar-refractivity contribution is -0.145. The van der Waals surface area contributed by atoms with E-state index < -0.39 is 17.8 Å². The third kappa shape index (κ3) is 4.40. The van der Waals surface area contributed by atoms with Crippen molar-refractivity contribution in [1.29, 1.82) is 0 Å². The van der Waals surface area contributed by atoms with Gasteiger partial charge in [-0.1, -0.05) is 0 Å². The van der Waals surface area contributed by atoms with Crippen molar-refractivity contribution in [2.24, 2.45) is 0 Å². The number of rotatable bonds is 8. The Hall–Kier alpha value is -2.87. The summed E-state index contributed by atoms with van der Waals surface area (Å²) in [5, 5.41) is 11.9. The summed E-state index contributed by atoms with van der Waals surface area (Å²) in [5.41, 5.74) is 2.28. The van der Waals surface area contributed by atoms with Crippen molar-refractivity contribution in [3.05, 3.63) is 35.0 Å². The van der Waals surface area contributed by atoms with Gasteiger partial charge in [0, 0.05) is 11.8 Å². The topological polar surface area (TPSA) is 105 Å². The first-order valence-electron chi connectivity index (χ1n) is 8.22. The fourth-order valence-electron chi connectivity index (χ4n) is 2.65. The van der Waals surface area contributed by atoms with Crippen molar-refractivity contribution in [2.45, 2.75) is 20.8 Å². The molecule has 0 aromatic heterocycles. The molecule has 0 saturated heterocycles. The van der Waals surface area contributed by atoms with Crippen LogP contribution >= 0.6 is 0 Å². The average Bonchev–Trinajstić information content (AvgIpc) is 2.82. The molecule has 2 amide bonds. The molecular weight excluding hydrogens is 340 g/mol. The van der Waals surface area contributed by atoms with Crippen molar-refractivity contribution in [3.63, 3.8) is 0 Å². The molecule has 2 N–H and O–H groups in total. The quantitative estimate of drug-likeness (QED) is 0.523. The number of aliphatic hydroxyl groups excluding tert-OH is 1. The van der Waals surface area contributed by atoms with Gasteiger partial charge in [0.2, 0.25) is 0 Å². The number of amides is 2. The van der Waals surface area contributed by atoms with Crippen LogP contribution in [0.5, 0.6) is 5.75 Å². The van der Waals surface area contributed by atoms with Gasteiger partial charge in [0.05, 0.1) is 19.8 Å². The standard InChI is InChI=1S/C18H22N2O6/c1-4-25-16(23)10-26-17-11(2)7-13(8-12(17)3)19-14-9-15(22)20(5-6-21)18(14)24/h7-9,19,21H,4-6,10H2,1-3H3. The van der Waals surface area contributed by atoms with E-state index in [4.69, 9.17) is 14.6 Å². The number of β-amino-alcohol motifs (C(OH)–C–C–N with tert-alkyl or cyclic N) is 1. The van der Waals surface area contributed by atoms with Crippen LogP contribution in [-0.2, 0) is 19.1 Å². The molecule has 2 rings (SSSR count). The largest absolute Gasteiger partial charge is 0.481 e. The number of nitrogens with one attached hydrogen (secondary N) is 1. The highest BCUT2D eigenvalue weighted by Crippen LogP contribution is 2.28. The Morgan fingerprint density at radius 1 is 1.23 bits per heavy atom. The predicted octanol–water partition coefficient (Wildman–Crippen LogP) is 0.902. The normalized spacial score (nSPS) is 13.7. The van der Waals surface area contributed by atoms with Crippen molar-refractivity contribution in [2.75, 3.05) is 31.7 Å². The van der Waals surface area contributed by atoms with Crippen LogP contribution in [-0.4, -0.2) is 54.2 Å². The maximum atomic E-state index is 12.2. The van der Waals surface area contributed by atoms with E-state index in [2.05, 4.69) is 5.32 Å². The SMILES string of the molecule is CCOC(=O)COc1c(C)cc(NC2=CC(=O)N(CCO)C2=O)cc1C. The molecule has 0 saturated carbocycles. The number of imide groups is 1. The number of esters is 1. The lowest BCUT2D eigenvalue weighted by atomic mass is 10.1. The minimum absolute atomic E-state index is 0.0436. The van der Waals surface area contributed by atoms with E-state index in [-0.39, 0.29) is 32.1 Å². The zero-order chi connectivity index (χ0) is 19.3. The number of carbonyl (C=O) groups is 3. The molecule has 0 bridgehead atoms. The lowest BCUT2D eigenvalue weighted by Gasteiger charge is -2.16. The van der Waals surface area contributed by atoms with Crippen molar-refractivity contribution >= 4 is 23.5 Å². The smallest absolute Gasteiger partial charge is 0.344 e. The van der Waals surface area contributed by atoms with Gasteiger partial charge in [-0.2, -0.15) is 0 Å². The second kappa shape index (κ2) is 8.48. The van der Waals surface area contributed by atoms with Gasteiger partial charge in [-0.25, -0.2) is 4.79 Å². The van der Waals surface area contributed by atoms with E-state index in [1.165, 1.54) is 6.08 Å². The van der Waals surface area contributed by atoms with E-state index in [0.29, 0.717) is 11.4 Å². The number of hydrogen-bond acceptors (Lipinski definition) is 7. The zero-order valence-electron chi connectivity index (χ0n) is 15.0. The van der Waals surface area contributed by atoms with Gasteiger partial charge in [-0.3, -0.25) is 14.5 Å². The molecule has 1 aromatic carbocycles. The molecular formula is C18H22N2O6. The first-order chi connectivity index (χ1) is 12.4. The number of anilines is 1. The van der Waals surface area contributed by atoms with Gasteiger partial charge >= 0.3 is 5.97 Å². The van der Waals surface area contributed by atoms with Crippen LogP contribution < -0.4 is 10.1 Å². The summed E-state index contributed by atoms with van der Waals surface area (Å²) >= 11 is 0. The van der Waals surface area contributed by atoms with Crippen LogP contribution in [0.1, 0.15) is 18.1 Å². The fraction of sp³-hybridized carbons (Fsp3) is 0.389. The van der Waals surface area contributed by atoms with E-state index in [0.717, 1.165) is 16.0 Å². The summed E-state index contributed by atoms with van der Waals surface area (Å²) in [5.74, 6) is -0.831. The van der Waals surface area contributed by atoms with Crippen LogP contribution in [0.2, 0.25) is 0 Å². The number of ether oxygens (including phenoxy) is 2. The molecule has 0 spiro atoms. The van der Waals surface area contributed by atoms with Gasteiger partial charge in [-0.05, 0) is 44.0 Å². The molecule has 0 atom stereocenters. The first kappa shape index (κ1) is 19.5. The van der Waals surface area contributed by atoms with Gasteiger partial charge in [0.25, 0.3) is 11.8 Å². The van der Waals surface area contributed by atoms with Gasteiger partial charge in [-0.15, -0.1) is 0 Å². The number of hydrogen-bond donors (Lipinski definition) is 2. The number of benzene rings is 1. The van der Waals surface area contributed by atoms with Crippen LogP contribution in [0.15, 0.2) is 23.9 Å². The van der Waals surface area contributed by atoms with E-state index in [1.54, 1.807) is 19.1 Å². The summed E-state index contributed by atoms with van der Waals surface area (Å²) in [4.78, 5) is 36.4. The highest BCUT2D eigenvalue weighted by molar-refractivity contribution is 6.17. The molecule has 1 aromatic rings. The minimum atomic E-state index is -0.484.